The minimum absolute atomic E-state index is 0.0263. The number of hydrogen-bond donors (Lipinski definition) is 3. The van der Waals surface area contributed by atoms with Crippen LogP contribution in [0.15, 0.2) is 36.7 Å². The number of non-ortho nitro benzene ring substituents is 1. The molecule has 8 heteroatoms. The van der Waals surface area contributed by atoms with Crippen LogP contribution in [0.4, 0.5) is 16.2 Å². The van der Waals surface area contributed by atoms with E-state index in [1.807, 2.05) is 0 Å². The van der Waals surface area contributed by atoms with Crippen molar-refractivity contribution in [3.63, 3.8) is 0 Å². The van der Waals surface area contributed by atoms with Crippen molar-refractivity contribution >= 4 is 17.4 Å². The van der Waals surface area contributed by atoms with Crippen molar-refractivity contribution in [3.05, 3.63) is 52.6 Å². The van der Waals surface area contributed by atoms with Gasteiger partial charge in [0.2, 0.25) is 0 Å². The zero-order chi connectivity index (χ0) is 13.7. The monoisotopic (exact) mass is 261 g/mol. The molecule has 0 bridgehead atoms. The SMILES string of the molecule is O=C(NCc1ncc[nH]1)Nc1ccc([N+](=O)[O-])cc1. The number of carbonyl (C=O) groups excluding carboxylic acids is 1. The number of aromatic nitrogens is 2. The van der Waals surface area contributed by atoms with Crippen molar-refractivity contribution in [1.29, 1.82) is 0 Å². The predicted octanol–water partition coefficient (Wildman–Crippen LogP) is 1.64. The van der Waals surface area contributed by atoms with Crippen LogP contribution in [0.3, 0.4) is 0 Å². The summed E-state index contributed by atoms with van der Waals surface area (Å²) in [6.07, 6.45) is 3.25. The van der Waals surface area contributed by atoms with E-state index in [-0.39, 0.29) is 12.2 Å². The fraction of sp³-hybridized carbons (Fsp3) is 0.0909. The van der Waals surface area contributed by atoms with Crippen LogP contribution in [0.1, 0.15) is 5.82 Å². The van der Waals surface area contributed by atoms with Gasteiger partial charge in [0.25, 0.3) is 5.69 Å². The molecule has 0 saturated heterocycles. The molecule has 1 heterocycles. The van der Waals surface area contributed by atoms with Crippen molar-refractivity contribution in [2.75, 3.05) is 5.32 Å². The van der Waals surface area contributed by atoms with Crippen LogP contribution in [-0.4, -0.2) is 20.9 Å². The van der Waals surface area contributed by atoms with Crippen LogP contribution in [-0.2, 0) is 6.54 Å². The highest BCUT2D eigenvalue weighted by atomic mass is 16.6. The van der Waals surface area contributed by atoms with Gasteiger partial charge < -0.3 is 15.6 Å². The lowest BCUT2D eigenvalue weighted by Crippen LogP contribution is -2.28. The number of nitrogens with zero attached hydrogens (tertiary/aromatic N) is 2. The van der Waals surface area contributed by atoms with Gasteiger partial charge in [-0.15, -0.1) is 0 Å². The first-order valence-electron chi connectivity index (χ1n) is 5.43. The molecule has 0 aliphatic heterocycles. The molecule has 0 saturated carbocycles. The van der Waals surface area contributed by atoms with E-state index in [9.17, 15) is 14.9 Å². The summed E-state index contributed by atoms with van der Waals surface area (Å²) in [6.45, 7) is 0.270. The number of imidazole rings is 1. The highest BCUT2D eigenvalue weighted by Gasteiger charge is 2.06. The lowest BCUT2D eigenvalue weighted by Gasteiger charge is -2.06. The molecular formula is C11H11N5O3. The normalized spacial score (nSPS) is 9.89. The molecule has 2 aromatic rings. The topological polar surface area (TPSA) is 113 Å². The van der Waals surface area contributed by atoms with E-state index in [1.54, 1.807) is 12.4 Å². The lowest BCUT2D eigenvalue weighted by atomic mass is 10.3. The molecule has 2 amide bonds. The molecule has 0 fully saturated rings. The number of urea groups is 1. The minimum atomic E-state index is -0.499. The number of nitrogens with one attached hydrogen (secondary N) is 3. The second-order valence-electron chi connectivity index (χ2n) is 3.65. The van der Waals surface area contributed by atoms with Crippen LogP contribution in [0.2, 0.25) is 0 Å². The fourth-order valence-corrected chi connectivity index (χ4v) is 1.40. The quantitative estimate of drug-likeness (QED) is 0.573. The number of aromatic amines is 1. The maximum atomic E-state index is 11.5. The lowest BCUT2D eigenvalue weighted by molar-refractivity contribution is -0.384. The van der Waals surface area contributed by atoms with Gasteiger partial charge in [-0.2, -0.15) is 0 Å². The van der Waals surface area contributed by atoms with E-state index in [2.05, 4.69) is 20.6 Å². The average Bonchev–Trinajstić information content (AvgIpc) is 2.90. The molecule has 0 radical (unpaired) electrons. The summed E-state index contributed by atoms with van der Waals surface area (Å²) in [6, 6.07) is 5.16. The summed E-state index contributed by atoms with van der Waals surface area (Å²) < 4.78 is 0. The Morgan fingerprint density at radius 3 is 2.68 bits per heavy atom. The molecule has 98 valence electrons. The van der Waals surface area contributed by atoms with Gasteiger partial charge in [0.1, 0.15) is 5.82 Å². The first-order chi connectivity index (χ1) is 9.15. The van der Waals surface area contributed by atoms with E-state index >= 15 is 0 Å². The van der Waals surface area contributed by atoms with Crippen molar-refractivity contribution in [2.24, 2.45) is 0 Å². The van der Waals surface area contributed by atoms with Crippen molar-refractivity contribution < 1.29 is 9.72 Å². The second kappa shape index (κ2) is 5.63. The van der Waals surface area contributed by atoms with Gasteiger partial charge in [-0.1, -0.05) is 0 Å². The smallest absolute Gasteiger partial charge is 0.319 e. The van der Waals surface area contributed by atoms with Gasteiger partial charge in [0.15, 0.2) is 0 Å². The number of nitro benzene ring substituents is 1. The summed E-state index contributed by atoms with van der Waals surface area (Å²) in [5, 5.41) is 15.6. The number of nitro groups is 1. The third-order valence-corrected chi connectivity index (χ3v) is 2.31. The second-order valence-corrected chi connectivity index (χ2v) is 3.65. The Bertz CT molecular complexity index is 565. The number of rotatable bonds is 4. The van der Waals surface area contributed by atoms with Crippen LogP contribution in [0, 0.1) is 10.1 Å². The van der Waals surface area contributed by atoms with Gasteiger partial charge in [0.05, 0.1) is 11.5 Å². The number of amides is 2. The molecule has 1 aromatic heterocycles. The summed E-state index contributed by atoms with van der Waals surface area (Å²) in [5.74, 6) is 0.638. The fourth-order valence-electron chi connectivity index (χ4n) is 1.40. The van der Waals surface area contributed by atoms with Crippen LogP contribution < -0.4 is 10.6 Å². The molecule has 0 spiro atoms. The van der Waals surface area contributed by atoms with Crippen molar-refractivity contribution in [3.8, 4) is 0 Å². The van der Waals surface area contributed by atoms with Crippen LogP contribution in [0.25, 0.3) is 0 Å². The van der Waals surface area contributed by atoms with Gasteiger partial charge in [0, 0.05) is 30.2 Å². The Hall–Kier alpha value is -2.90. The zero-order valence-corrected chi connectivity index (χ0v) is 9.79. The van der Waals surface area contributed by atoms with Crippen molar-refractivity contribution in [1.82, 2.24) is 15.3 Å². The molecule has 19 heavy (non-hydrogen) atoms. The van der Waals surface area contributed by atoms with Gasteiger partial charge in [-0.05, 0) is 12.1 Å². The van der Waals surface area contributed by atoms with Gasteiger partial charge in [-0.3, -0.25) is 10.1 Å². The van der Waals surface area contributed by atoms with E-state index in [4.69, 9.17) is 0 Å². The summed E-state index contributed by atoms with van der Waals surface area (Å²) in [7, 11) is 0. The van der Waals surface area contributed by atoms with Crippen molar-refractivity contribution in [2.45, 2.75) is 6.54 Å². The number of hydrogen-bond acceptors (Lipinski definition) is 4. The van der Waals surface area contributed by atoms with E-state index in [1.165, 1.54) is 24.3 Å². The van der Waals surface area contributed by atoms with E-state index in [0.717, 1.165) is 0 Å². The third-order valence-electron chi connectivity index (χ3n) is 2.31. The van der Waals surface area contributed by atoms with Crippen LogP contribution >= 0.6 is 0 Å². The summed E-state index contributed by atoms with van der Waals surface area (Å²) in [4.78, 5) is 28.3. The molecule has 0 unspecified atom stereocenters. The first kappa shape index (κ1) is 12.6. The maximum Gasteiger partial charge on any atom is 0.319 e. The summed E-state index contributed by atoms with van der Waals surface area (Å²) in [5.41, 5.74) is 0.448. The number of benzene rings is 1. The number of anilines is 1. The summed E-state index contributed by atoms with van der Waals surface area (Å²) >= 11 is 0. The minimum Gasteiger partial charge on any atom is -0.347 e. The zero-order valence-electron chi connectivity index (χ0n) is 9.79. The Morgan fingerprint density at radius 1 is 1.37 bits per heavy atom. The average molecular weight is 261 g/mol. The predicted molar refractivity (Wildman–Crippen MR) is 67.5 cm³/mol. The Morgan fingerprint density at radius 2 is 2.11 bits per heavy atom. The Balaban J connectivity index is 1.86. The molecular weight excluding hydrogens is 250 g/mol. The molecule has 0 aliphatic carbocycles. The largest absolute Gasteiger partial charge is 0.347 e. The molecule has 0 atom stereocenters. The van der Waals surface area contributed by atoms with Gasteiger partial charge in [-0.25, -0.2) is 9.78 Å². The standard InChI is InChI=1S/C11H11N5O3/c17-11(14-7-10-12-5-6-13-10)15-8-1-3-9(4-2-8)16(18)19/h1-6H,7H2,(H,12,13)(H2,14,15,17). The molecule has 2 rings (SSSR count). The Kier molecular flexibility index (Phi) is 3.72. The van der Waals surface area contributed by atoms with Gasteiger partial charge >= 0.3 is 6.03 Å². The third kappa shape index (κ3) is 3.53. The molecule has 3 N–H and O–H groups in total. The molecule has 1 aromatic carbocycles. The number of carbonyl (C=O) groups is 1. The van der Waals surface area contributed by atoms with E-state index in [0.29, 0.717) is 11.5 Å². The molecule has 8 nitrogen and oxygen atoms in total. The highest BCUT2D eigenvalue weighted by Crippen LogP contribution is 2.15. The van der Waals surface area contributed by atoms with Crippen LogP contribution in [0.5, 0.6) is 0 Å². The number of H-pyrrole nitrogens is 1. The van der Waals surface area contributed by atoms with E-state index < -0.39 is 11.0 Å². The highest BCUT2D eigenvalue weighted by molar-refractivity contribution is 5.89. The first-order valence-corrected chi connectivity index (χ1v) is 5.43. The maximum absolute atomic E-state index is 11.5. The molecule has 0 aliphatic rings. The Labute approximate surface area is 108 Å².